The van der Waals surface area contributed by atoms with Gasteiger partial charge in [-0.15, -0.1) is 0 Å². The number of hydrogen-bond donors (Lipinski definition) is 2. The van der Waals surface area contributed by atoms with E-state index in [1.54, 1.807) is 12.1 Å². The normalized spacial score (nSPS) is 14.3. The molecule has 2 aromatic carbocycles. The third-order valence-corrected chi connectivity index (χ3v) is 5.41. The number of carbonyl (C=O) groups excluding carboxylic acids is 2. The second kappa shape index (κ2) is 9.59. The van der Waals surface area contributed by atoms with Crippen LogP contribution in [-0.4, -0.2) is 24.5 Å². The molecule has 0 saturated heterocycles. The molecular formula is C24H30N2O3. The van der Waals surface area contributed by atoms with Crippen molar-refractivity contribution in [1.82, 2.24) is 5.32 Å². The summed E-state index contributed by atoms with van der Waals surface area (Å²) in [5, 5.41) is 5.99. The van der Waals surface area contributed by atoms with Gasteiger partial charge in [0.2, 0.25) is 0 Å². The Labute approximate surface area is 172 Å². The summed E-state index contributed by atoms with van der Waals surface area (Å²) in [4.78, 5) is 24.8. The number of rotatable bonds is 6. The zero-order valence-corrected chi connectivity index (χ0v) is 17.5. The van der Waals surface area contributed by atoms with Crippen molar-refractivity contribution in [3.05, 3.63) is 58.7 Å². The molecule has 0 radical (unpaired) electrons. The standard InChI is InChI=1S/C24H30N2O3/c1-16-9-10-17(2)22(13-16)29-15-23(27)26-21-12-11-19(14-18(21)3)24(28)25-20-7-5-4-6-8-20/h9-14,20H,4-8,15H2,1-3H3,(H,25,28)(H,26,27). The average Bonchev–Trinajstić information content (AvgIpc) is 2.71. The summed E-state index contributed by atoms with van der Waals surface area (Å²) >= 11 is 0. The van der Waals surface area contributed by atoms with Crippen molar-refractivity contribution in [2.45, 2.75) is 58.9 Å². The lowest BCUT2D eigenvalue weighted by atomic mass is 9.95. The minimum atomic E-state index is -0.228. The molecule has 0 bridgehead atoms. The topological polar surface area (TPSA) is 67.4 Å². The highest BCUT2D eigenvalue weighted by molar-refractivity contribution is 5.97. The number of nitrogens with one attached hydrogen (secondary N) is 2. The Bertz CT molecular complexity index is 886. The summed E-state index contributed by atoms with van der Waals surface area (Å²) in [7, 11) is 0. The highest BCUT2D eigenvalue weighted by Crippen LogP contribution is 2.21. The maximum absolute atomic E-state index is 12.5. The number of benzene rings is 2. The highest BCUT2D eigenvalue weighted by Gasteiger charge is 2.17. The van der Waals surface area contributed by atoms with Crippen LogP contribution in [0.5, 0.6) is 5.75 Å². The highest BCUT2D eigenvalue weighted by atomic mass is 16.5. The van der Waals surface area contributed by atoms with Gasteiger partial charge in [-0.25, -0.2) is 0 Å². The molecule has 1 aliphatic rings. The van der Waals surface area contributed by atoms with Gasteiger partial charge in [-0.3, -0.25) is 9.59 Å². The number of amides is 2. The van der Waals surface area contributed by atoms with Crippen molar-refractivity contribution in [1.29, 1.82) is 0 Å². The van der Waals surface area contributed by atoms with Crippen molar-refractivity contribution in [3.8, 4) is 5.75 Å². The Morgan fingerprint density at radius 1 is 0.966 bits per heavy atom. The first kappa shape index (κ1) is 20.9. The van der Waals surface area contributed by atoms with E-state index in [1.165, 1.54) is 19.3 Å². The van der Waals surface area contributed by atoms with Gasteiger partial charge in [0, 0.05) is 17.3 Å². The van der Waals surface area contributed by atoms with Crippen LogP contribution in [-0.2, 0) is 4.79 Å². The van der Waals surface area contributed by atoms with E-state index in [4.69, 9.17) is 4.74 Å². The van der Waals surface area contributed by atoms with Crippen LogP contribution < -0.4 is 15.4 Å². The van der Waals surface area contributed by atoms with Gasteiger partial charge in [-0.05, 0) is 74.6 Å². The molecule has 1 aliphatic carbocycles. The molecule has 0 heterocycles. The second-order valence-electron chi connectivity index (χ2n) is 7.94. The Balaban J connectivity index is 1.56. The predicted molar refractivity (Wildman–Crippen MR) is 116 cm³/mol. The second-order valence-corrected chi connectivity index (χ2v) is 7.94. The third kappa shape index (κ3) is 5.83. The van der Waals surface area contributed by atoms with Gasteiger partial charge in [0.1, 0.15) is 5.75 Å². The van der Waals surface area contributed by atoms with Gasteiger partial charge in [0.25, 0.3) is 11.8 Å². The van der Waals surface area contributed by atoms with Crippen LogP contribution >= 0.6 is 0 Å². The molecule has 0 aromatic heterocycles. The molecule has 5 heteroatoms. The summed E-state index contributed by atoms with van der Waals surface area (Å²) in [6.07, 6.45) is 5.73. The molecular weight excluding hydrogens is 364 g/mol. The molecule has 29 heavy (non-hydrogen) atoms. The van der Waals surface area contributed by atoms with E-state index in [9.17, 15) is 9.59 Å². The van der Waals surface area contributed by atoms with Crippen LogP contribution in [0.25, 0.3) is 0 Å². The lowest BCUT2D eigenvalue weighted by Crippen LogP contribution is -2.36. The van der Waals surface area contributed by atoms with Gasteiger partial charge in [-0.1, -0.05) is 31.4 Å². The SMILES string of the molecule is Cc1ccc(C)c(OCC(=O)Nc2ccc(C(=O)NC3CCCCC3)cc2C)c1. The predicted octanol–water partition coefficient (Wildman–Crippen LogP) is 4.69. The van der Waals surface area contributed by atoms with Crippen molar-refractivity contribution in [3.63, 3.8) is 0 Å². The molecule has 1 saturated carbocycles. The molecule has 0 spiro atoms. The van der Waals surface area contributed by atoms with E-state index in [1.807, 2.05) is 45.0 Å². The molecule has 2 aromatic rings. The van der Waals surface area contributed by atoms with E-state index in [0.717, 1.165) is 29.5 Å². The van der Waals surface area contributed by atoms with E-state index in [0.29, 0.717) is 17.0 Å². The summed E-state index contributed by atoms with van der Waals surface area (Å²) in [5.74, 6) is 0.441. The van der Waals surface area contributed by atoms with Crippen LogP contribution in [0.15, 0.2) is 36.4 Å². The minimum absolute atomic E-state index is 0.0452. The number of ether oxygens (including phenoxy) is 1. The fourth-order valence-electron chi connectivity index (χ4n) is 3.65. The summed E-state index contributed by atoms with van der Waals surface area (Å²) < 4.78 is 5.66. The van der Waals surface area contributed by atoms with Crippen molar-refractivity contribution >= 4 is 17.5 Å². The maximum atomic E-state index is 12.5. The lowest BCUT2D eigenvalue weighted by Gasteiger charge is -2.23. The van der Waals surface area contributed by atoms with E-state index in [-0.39, 0.29) is 24.5 Å². The van der Waals surface area contributed by atoms with Gasteiger partial charge in [0.15, 0.2) is 6.61 Å². The largest absolute Gasteiger partial charge is 0.483 e. The van der Waals surface area contributed by atoms with E-state index < -0.39 is 0 Å². The Morgan fingerprint density at radius 3 is 2.45 bits per heavy atom. The van der Waals surface area contributed by atoms with Gasteiger partial charge >= 0.3 is 0 Å². The van der Waals surface area contributed by atoms with Crippen LogP contribution in [0.1, 0.15) is 59.2 Å². The van der Waals surface area contributed by atoms with Crippen LogP contribution in [0, 0.1) is 20.8 Å². The molecule has 0 aliphatic heterocycles. The van der Waals surface area contributed by atoms with Gasteiger partial charge < -0.3 is 15.4 Å². The van der Waals surface area contributed by atoms with Crippen LogP contribution in [0.3, 0.4) is 0 Å². The number of anilines is 1. The van der Waals surface area contributed by atoms with Crippen molar-refractivity contribution in [2.75, 3.05) is 11.9 Å². The summed E-state index contributed by atoms with van der Waals surface area (Å²) in [6.45, 7) is 5.77. The molecule has 0 unspecified atom stereocenters. The number of hydrogen-bond acceptors (Lipinski definition) is 3. The number of carbonyl (C=O) groups is 2. The Hall–Kier alpha value is -2.82. The van der Waals surface area contributed by atoms with Gasteiger partial charge in [0.05, 0.1) is 0 Å². The quantitative estimate of drug-likeness (QED) is 0.747. The molecule has 2 amide bonds. The van der Waals surface area contributed by atoms with E-state index in [2.05, 4.69) is 10.6 Å². The fraction of sp³-hybridized carbons (Fsp3) is 0.417. The fourth-order valence-corrected chi connectivity index (χ4v) is 3.65. The molecule has 3 rings (SSSR count). The Morgan fingerprint density at radius 2 is 1.72 bits per heavy atom. The summed E-state index contributed by atoms with van der Waals surface area (Å²) in [5.41, 5.74) is 4.24. The lowest BCUT2D eigenvalue weighted by molar-refractivity contribution is -0.118. The van der Waals surface area contributed by atoms with Crippen molar-refractivity contribution in [2.24, 2.45) is 0 Å². The number of aryl methyl sites for hydroxylation is 3. The Kier molecular flexibility index (Phi) is 6.91. The first-order valence-electron chi connectivity index (χ1n) is 10.3. The van der Waals surface area contributed by atoms with E-state index >= 15 is 0 Å². The smallest absolute Gasteiger partial charge is 0.262 e. The van der Waals surface area contributed by atoms with Crippen LogP contribution in [0.4, 0.5) is 5.69 Å². The van der Waals surface area contributed by atoms with Crippen molar-refractivity contribution < 1.29 is 14.3 Å². The molecule has 154 valence electrons. The zero-order chi connectivity index (χ0) is 20.8. The molecule has 5 nitrogen and oxygen atoms in total. The molecule has 1 fully saturated rings. The van der Waals surface area contributed by atoms with Gasteiger partial charge in [-0.2, -0.15) is 0 Å². The minimum Gasteiger partial charge on any atom is -0.483 e. The first-order chi connectivity index (χ1) is 13.9. The third-order valence-electron chi connectivity index (χ3n) is 5.41. The monoisotopic (exact) mass is 394 g/mol. The molecule has 0 atom stereocenters. The average molecular weight is 395 g/mol. The van der Waals surface area contributed by atoms with Crippen LogP contribution in [0.2, 0.25) is 0 Å². The first-order valence-corrected chi connectivity index (χ1v) is 10.3. The maximum Gasteiger partial charge on any atom is 0.262 e. The molecule has 2 N–H and O–H groups in total. The summed E-state index contributed by atoms with van der Waals surface area (Å²) in [6, 6.07) is 11.5. The zero-order valence-electron chi connectivity index (χ0n) is 17.5.